The van der Waals surface area contributed by atoms with E-state index in [-0.39, 0.29) is 30.2 Å². The van der Waals surface area contributed by atoms with Gasteiger partial charge in [-0.25, -0.2) is 17.5 Å². The number of nitrogens with one attached hydrogen (secondary N) is 2. The van der Waals surface area contributed by atoms with Crippen molar-refractivity contribution < 1.29 is 23.0 Å². The monoisotopic (exact) mass is 473 g/mol. The molecule has 0 saturated carbocycles. The maximum absolute atomic E-state index is 15.7. The molecule has 1 heterocycles. The van der Waals surface area contributed by atoms with E-state index in [0.717, 1.165) is 0 Å². The molecule has 0 saturated heterocycles. The van der Waals surface area contributed by atoms with Crippen LogP contribution in [-0.2, 0) is 23.2 Å². The van der Waals surface area contributed by atoms with E-state index in [0.29, 0.717) is 22.4 Å². The number of halogens is 1. The summed E-state index contributed by atoms with van der Waals surface area (Å²) in [5.41, 5.74) is 1.02. The minimum atomic E-state index is -4.22. The average molecular weight is 474 g/mol. The van der Waals surface area contributed by atoms with Crippen LogP contribution in [0.1, 0.15) is 37.6 Å². The maximum Gasteiger partial charge on any atom is 0.244 e. The molecule has 9 heteroatoms. The minimum absolute atomic E-state index is 0.0428. The summed E-state index contributed by atoms with van der Waals surface area (Å²) in [5.74, 6) is -1.05. The Morgan fingerprint density at radius 1 is 1.09 bits per heavy atom. The van der Waals surface area contributed by atoms with Gasteiger partial charge in [0, 0.05) is 35.0 Å². The SMILES string of the molecule is Cc1ncc(CO)c(CNc2ccc(-c3ccccc3)c(S(=O)(=O)NC(C)(C)C)c2F)c1O. The standard InChI is InChI=1S/C24H28FN3O4S/c1-15-22(30)19(17(14-29)12-26-15)13-27-20-11-10-18(16-8-6-5-7-9-16)23(21(20)25)33(31,32)28-24(2,3)4/h5-12,27-30H,13-14H2,1-4H3. The Kier molecular flexibility index (Phi) is 7.06. The topological polar surface area (TPSA) is 112 Å². The first-order chi connectivity index (χ1) is 15.4. The molecule has 0 aliphatic rings. The van der Waals surface area contributed by atoms with E-state index in [1.54, 1.807) is 64.1 Å². The Labute approximate surface area is 193 Å². The van der Waals surface area contributed by atoms with Crippen LogP contribution in [0, 0.1) is 12.7 Å². The van der Waals surface area contributed by atoms with Crippen LogP contribution in [0.4, 0.5) is 10.1 Å². The molecule has 0 aliphatic carbocycles. The van der Waals surface area contributed by atoms with Gasteiger partial charge in [0.25, 0.3) is 0 Å². The van der Waals surface area contributed by atoms with E-state index >= 15 is 4.39 Å². The first kappa shape index (κ1) is 24.6. The van der Waals surface area contributed by atoms with Crippen LogP contribution in [0.3, 0.4) is 0 Å². The van der Waals surface area contributed by atoms with Crippen molar-refractivity contribution in [3.05, 3.63) is 71.3 Å². The summed E-state index contributed by atoms with van der Waals surface area (Å²) in [4.78, 5) is 3.54. The van der Waals surface area contributed by atoms with Gasteiger partial charge in [0.05, 0.1) is 18.0 Å². The lowest BCUT2D eigenvalue weighted by atomic mass is 10.0. The van der Waals surface area contributed by atoms with Gasteiger partial charge in [0.1, 0.15) is 10.6 Å². The summed E-state index contributed by atoms with van der Waals surface area (Å²) in [6.07, 6.45) is 1.43. The van der Waals surface area contributed by atoms with Crippen molar-refractivity contribution in [1.82, 2.24) is 9.71 Å². The highest BCUT2D eigenvalue weighted by Crippen LogP contribution is 2.35. The highest BCUT2D eigenvalue weighted by molar-refractivity contribution is 7.89. The van der Waals surface area contributed by atoms with Crippen LogP contribution in [0.15, 0.2) is 53.6 Å². The lowest BCUT2D eigenvalue weighted by Gasteiger charge is -2.23. The number of benzene rings is 2. The largest absolute Gasteiger partial charge is 0.506 e. The summed E-state index contributed by atoms with van der Waals surface area (Å²) in [5, 5.41) is 22.8. The summed E-state index contributed by atoms with van der Waals surface area (Å²) in [6.45, 7) is 6.24. The molecule has 7 nitrogen and oxygen atoms in total. The summed E-state index contributed by atoms with van der Waals surface area (Å²) in [7, 11) is -4.22. The summed E-state index contributed by atoms with van der Waals surface area (Å²) >= 11 is 0. The molecule has 0 atom stereocenters. The van der Waals surface area contributed by atoms with E-state index in [4.69, 9.17) is 0 Å². The van der Waals surface area contributed by atoms with Crippen LogP contribution >= 0.6 is 0 Å². The van der Waals surface area contributed by atoms with Crippen molar-refractivity contribution in [1.29, 1.82) is 0 Å². The van der Waals surface area contributed by atoms with Gasteiger partial charge in [-0.2, -0.15) is 0 Å². The fourth-order valence-corrected chi connectivity index (χ4v) is 5.19. The zero-order chi connectivity index (χ0) is 24.4. The Morgan fingerprint density at radius 2 is 1.76 bits per heavy atom. The van der Waals surface area contributed by atoms with Crippen molar-refractivity contribution in [2.45, 2.75) is 51.3 Å². The van der Waals surface area contributed by atoms with Crippen LogP contribution in [0.25, 0.3) is 11.1 Å². The van der Waals surface area contributed by atoms with Crippen LogP contribution in [-0.4, -0.2) is 29.2 Å². The molecule has 0 unspecified atom stereocenters. The average Bonchev–Trinajstić information content (AvgIpc) is 2.74. The molecule has 0 amide bonds. The van der Waals surface area contributed by atoms with E-state index in [9.17, 15) is 18.6 Å². The second kappa shape index (κ2) is 9.46. The van der Waals surface area contributed by atoms with Crippen molar-refractivity contribution in [3.8, 4) is 16.9 Å². The lowest BCUT2D eigenvalue weighted by Crippen LogP contribution is -2.41. The number of nitrogens with zero attached hydrogens (tertiary/aromatic N) is 1. The number of sulfonamides is 1. The van der Waals surface area contributed by atoms with Gasteiger partial charge in [-0.1, -0.05) is 36.4 Å². The lowest BCUT2D eigenvalue weighted by molar-refractivity contribution is 0.279. The van der Waals surface area contributed by atoms with E-state index in [1.165, 1.54) is 12.3 Å². The Hall–Kier alpha value is -3.01. The molecule has 0 fully saturated rings. The number of hydrogen-bond acceptors (Lipinski definition) is 6. The van der Waals surface area contributed by atoms with E-state index in [1.807, 2.05) is 0 Å². The van der Waals surface area contributed by atoms with Crippen molar-refractivity contribution in [2.24, 2.45) is 0 Å². The number of pyridine rings is 1. The highest BCUT2D eigenvalue weighted by atomic mass is 32.2. The number of aromatic nitrogens is 1. The quantitative estimate of drug-likeness (QED) is 0.411. The molecule has 33 heavy (non-hydrogen) atoms. The van der Waals surface area contributed by atoms with Gasteiger partial charge in [-0.15, -0.1) is 0 Å². The molecule has 3 rings (SSSR count). The fraction of sp³-hybridized carbons (Fsp3) is 0.292. The fourth-order valence-electron chi connectivity index (χ4n) is 3.46. The smallest absolute Gasteiger partial charge is 0.244 e. The third-order valence-corrected chi connectivity index (χ3v) is 6.77. The van der Waals surface area contributed by atoms with Gasteiger partial charge in [-0.05, 0) is 39.3 Å². The first-order valence-electron chi connectivity index (χ1n) is 10.4. The number of aromatic hydroxyl groups is 1. The molecule has 0 aliphatic heterocycles. The number of rotatable bonds is 7. The van der Waals surface area contributed by atoms with Gasteiger partial charge < -0.3 is 15.5 Å². The Balaban J connectivity index is 2.10. The number of hydrogen-bond donors (Lipinski definition) is 4. The number of aliphatic hydroxyl groups is 1. The summed E-state index contributed by atoms with van der Waals surface area (Å²) in [6, 6.07) is 11.7. The van der Waals surface area contributed by atoms with Gasteiger partial charge in [0.15, 0.2) is 5.82 Å². The zero-order valence-electron chi connectivity index (χ0n) is 19.0. The molecule has 3 aromatic rings. The molecule has 176 valence electrons. The number of anilines is 1. The first-order valence-corrected chi connectivity index (χ1v) is 11.9. The number of aryl methyl sites for hydroxylation is 1. The minimum Gasteiger partial charge on any atom is -0.506 e. The molecular weight excluding hydrogens is 445 g/mol. The van der Waals surface area contributed by atoms with Crippen molar-refractivity contribution >= 4 is 15.7 Å². The van der Waals surface area contributed by atoms with Gasteiger partial charge in [0.2, 0.25) is 10.0 Å². The molecule has 0 bridgehead atoms. The van der Waals surface area contributed by atoms with E-state index < -0.39 is 26.3 Å². The summed E-state index contributed by atoms with van der Waals surface area (Å²) < 4.78 is 44.7. The predicted molar refractivity (Wildman–Crippen MR) is 126 cm³/mol. The third kappa shape index (κ3) is 5.50. The van der Waals surface area contributed by atoms with Gasteiger partial charge in [-0.3, -0.25) is 4.98 Å². The molecule has 4 N–H and O–H groups in total. The van der Waals surface area contributed by atoms with Crippen molar-refractivity contribution in [3.63, 3.8) is 0 Å². The molecule has 2 aromatic carbocycles. The van der Waals surface area contributed by atoms with Crippen LogP contribution in [0.2, 0.25) is 0 Å². The number of aliphatic hydroxyl groups excluding tert-OH is 1. The normalized spacial score (nSPS) is 12.1. The second-order valence-corrected chi connectivity index (χ2v) is 10.4. The maximum atomic E-state index is 15.7. The van der Waals surface area contributed by atoms with E-state index in [2.05, 4.69) is 15.0 Å². The Morgan fingerprint density at radius 3 is 2.36 bits per heavy atom. The molecule has 0 radical (unpaired) electrons. The third-order valence-electron chi connectivity index (χ3n) is 4.95. The van der Waals surface area contributed by atoms with Crippen LogP contribution in [0.5, 0.6) is 5.75 Å². The zero-order valence-corrected chi connectivity index (χ0v) is 19.8. The van der Waals surface area contributed by atoms with Crippen LogP contribution < -0.4 is 10.0 Å². The van der Waals surface area contributed by atoms with Gasteiger partial charge >= 0.3 is 0 Å². The van der Waals surface area contributed by atoms with Crippen molar-refractivity contribution in [2.75, 3.05) is 5.32 Å². The Bertz CT molecular complexity index is 1260. The second-order valence-electron chi connectivity index (χ2n) is 8.73. The molecule has 0 spiro atoms. The highest BCUT2D eigenvalue weighted by Gasteiger charge is 2.30. The predicted octanol–water partition coefficient (Wildman–Crippen LogP) is 4.08. The molecular formula is C24H28FN3O4S. The molecule has 1 aromatic heterocycles.